The van der Waals surface area contributed by atoms with E-state index in [0.717, 1.165) is 22.5 Å². The molecule has 0 saturated carbocycles. The summed E-state index contributed by atoms with van der Waals surface area (Å²) < 4.78 is 19.7. The Bertz CT molecular complexity index is 1030. The van der Waals surface area contributed by atoms with E-state index >= 15 is 0 Å². The number of rotatable bonds is 3. The highest BCUT2D eigenvalue weighted by molar-refractivity contribution is 5.68. The highest BCUT2D eigenvalue weighted by Crippen LogP contribution is 2.32. The maximum Gasteiger partial charge on any atom is 0.174 e. The van der Waals surface area contributed by atoms with Crippen molar-refractivity contribution in [1.29, 1.82) is 0 Å². The fraction of sp³-hybridized carbons (Fsp3) is 0.0952. The summed E-state index contributed by atoms with van der Waals surface area (Å²) in [4.78, 5) is 7.95. The summed E-state index contributed by atoms with van der Waals surface area (Å²) in [5.74, 6) is 1.68. The van der Waals surface area contributed by atoms with Crippen LogP contribution in [0.15, 0.2) is 65.1 Å². The number of H-pyrrole nitrogens is 1. The van der Waals surface area contributed by atoms with Crippen molar-refractivity contribution in [2.45, 2.75) is 13.8 Å². The van der Waals surface area contributed by atoms with Gasteiger partial charge >= 0.3 is 0 Å². The van der Waals surface area contributed by atoms with Crippen molar-refractivity contribution in [3.8, 4) is 34.2 Å². The van der Waals surface area contributed by atoms with E-state index < -0.39 is 0 Å². The highest BCUT2D eigenvalue weighted by atomic mass is 19.1. The van der Waals surface area contributed by atoms with Gasteiger partial charge in [0.15, 0.2) is 11.6 Å². The number of hydrogen-bond donors (Lipinski definition) is 1. The maximum absolute atomic E-state index is 13.8. The normalized spacial score (nSPS) is 11.0. The van der Waals surface area contributed by atoms with Crippen molar-refractivity contribution in [2.24, 2.45) is 0 Å². The van der Waals surface area contributed by atoms with Gasteiger partial charge in [0, 0.05) is 16.8 Å². The molecule has 2 aromatic carbocycles. The molecule has 2 heterocycles. The van der Waals surface area contributed by atoms with Gasteiger partial charge in [0.25, 0.3) is 0 Å². The second-order valence-corrected chi connectivity index (χ2v) is 6.00. The minimum atomic E-state index is -0.240. The van der Waals surface area contributed by atoms with Crippen LogP contribution in [0, 0.1) is 19.7 Å². The zero-order chi connectivity index (χ0) is 17.4. The standard InChI is InChI=1S/C21H17FN2O/c1-13-16(9-6-10-17(13)22)18-11-12-19(25-18)21-23-14(2)20(24-21)15-7-4-3-5-8-15/h3-12H,1-2H3,(H,23,24). The van der Waals surface area contributed by atoms with E-state index in [9.17, 15) is 4.39 Å². The summed E-state index contributed by atoms with van der Waals surface area (Å²) in [6.07, 6.45) is 0. The highest BCUT2D eigenvalue weighted by Gasteiger charge is 2.15. The Morgan fingerprint density at radius 3 is 2.44 bits per heavy atom. The summed E-state index contributed by atoms with van der Waals surface area (Å²) in [7, 11) is 0. The fourth-order valence-electron chi connectivity index (χ4n) is 2.94. The summed E-state index contributed by atoms with van der Waals surface area (Å²) >= 11 is 0. The van der Waals surface area contributed by atoms with Gasteiger partial charge in [0.2, 0.25) is 0 Å². The molecule has 0 bridgehead atoms. The maximum atomic E-state index is 13.8. The third-order valence-corrected chi connectivity index (χ3v) is 4.30. The topological polar surface area (TPSA) is 41.8 Å². The van der Waals surface area contributed by atoms with E-state index in [4.69, 9.17) is 4.42 Å². The summed E-state index contributed by atoms with van der Waals surface area (Å²) in [6, 6.07) is 18.7. The molecule has 0 fully saturated rings. The van der Waals surface area contributed by atoms with Crippen molar-refractivity contribution in [2.75, 3.05) is 0 Å². The number of imidazole rings is 1. The molecule has 1 N–H and O–H groups in total. The lowest BCUT2D eigenvalue weighted by Crippen LogP contribution is -1.85. The van der Waals surface area contributed by atoms with Gasteiger partial charge in [-0.05, 0) is 37.6 Å². The molecule has 0 spiro atoms. The number of aromatic nitrogens is 2. The Morgan fingerprint density at radius 1 is 0.880 bits per heavy atom. The summed E-state index contributed by atoms with van der Waals surface area (Å²) in [5, 5.41) is 0. The van der Waals surface area contributed by atoms with Crippen LogP contribution in [0.3, 0.4) is 0 Å². The van der Waals surface area contributed by atoms with Gasteiger partial charge in [-0.3, -0.25) is 0 Å². The molecule has 0 aliphatic rings. The van der Waals surface area contributed by atoms with Crippen LogP contribution in [0.2, 0.25) is 0 Å². The van der Waals surface area contributed by atoms with E-state index in [1.165, 1.54) is 6.07 Å². The molecular formula is C21H17FN2O. The number of nitrogens with one attached hydrogen (secondary N) is 1. The first-order valence-electron chi connectivity index (χ1n) is 8.11. The monoisotopic (exact) mass is 332 g/mol. The Labute approximate surface area is 145 Å². The number of halogens is 1. The Morgan fingerprint density at radius 2 is 1.64 bits per heavy atom. The molecule has 124 valence electrons. The van der Waals surface area contributed by atoms with Crippen molar-refractivity contribution in [1.82, 2.24) is 9.97 Å². The molecule has 0 saturated heterocycles. The Hall–Kier alpha value is -3.14. The van der Waals surface area contributed by atoms with Crippen molar-refractivity contribution >= 4 is 0 Å². The van der Waals surface area contributed by atoms with E-state index in [1.807, 2.05) is 55.5 Å². The molecule has 0 aliphatic carbocycles. The van der Waals surface area contributed by atoms with E-state index in [-0.39, 0.29) is 5.82 Å². The SMILES string of the molecule is Cc1[nH]c(-c2ccc(-c3cccc(F)c3C)o2)nc1-c1ccccc1. The van der Waals surface area contributed by atoms with Crippen molar-refractivity contribution in [3.05, 3.63) is 77.7 Å². The van der Waals surface area contributed by atoms with Crippen LogP contribution in [-0.2, 0) is 0 Å². The Kier molecular flexibility index (Phi) is 3.73. The number of benzene rings is 2. The Balaban J connectivity index is 1.73. The van der Waals surface area contributed by atoms with Crippen LogP contribution < -0.4 is 0 Å². The van der Waals surface area contributed by atoms with Gasteiger partial charge in [0.1, 0.15) is 11.6 Å². The first kappa shape index (κ1) is 15.4. The van der Waals surface area contributed by atoms with Crippen LogP contribution in [-0.4, -0.2) is 9.97 Å². The smallest absolute Gasteiger partial charge is 0.174 e. The molecule has 4 heteroatoms. The van der Waals surface area contributed by atoms with Crippen molar-refractivity contribution < 1.29 is 8.81 Å². The van der Waals surface area contributed by atoms with Crippen molar-refractivity contribution in [3.63, 3.8) is 0 Å². The third kappa shape index (κ3) is 2.76. The van der Waals surface area contributed by atoms with E-state index in [1.54, 1.807) is 13.0 Å². The molecular weight excluding hydrogens is 315 g/mol. The molecule has 0 atom stereocenters. The van der Waals surface area contributed by atoms with Crippen LogP contribution in [0.25, 0.3) is 34.2 Å². The first-order valence-corrected chi connectivity index (χ1v) is 8.11. The van der Waals surface area contributed by atoms with Gasteiger partial charge in [-0.2, -0.15) is 0 Å². The molecule has 0 radical (unpaired) electrons. The zero-order valence-electron chi connectivity index (χ0n) is 14.0. The average Bonchev–Trinajstić information content (AvgIpc) is 3.25. The molecule has 3 nitrogen and oxygen atoms in total. The van der Waals surface area contributed by atoms with Gasteiger partial charge < -0.3 is 9.40 Å². The van der Waals surface area contributed by atoms with Gasteiger partial charge in [-0.15, -0.1) is 0 Å². The fourth-order valence-corrected chi connectivity index (χ4v) is 2.94. The number of aromatic amines is 1. The predicted molar refractivity (Wildman–Crippen MR) is 96.6 cm³/mol. The lowest BCUT2D eigenvalue weighted by atomic mass is 10.1. The zero-order valence-corrected chi connectivity index (χ0v) is 14.0. The van der Waals surface area contributed by atoms with Crippen LogP contribution in [0.4, 0.5) is 4.39 Å². The summed E-state index contributed by atoms with van der Waals surface area (Å²) in [6.45, 7) is 3.73. The number of nitrogens with zero attached hydrogens (tertiary/aromatic N) is 1. The van der Waals surface area contributed by atoms with Gasteiger partial charge in [-0.25, -0.2) is 9.37 Å². The van der Waals surface area contributed by atoms with Crippen LogP contribution >= 0.6 is 0 Å². The molecule has 4 aromatic rings. The number of hydrogen-bond acceptors (Lipinski definition) is 2. The molecule has 2 aromatic heterocycles. The lowest BCUT2D eigenvalue weighted by molar-refractivity contribution is 0.587. The van der Waals surface area contributed by atoms with Crippen LogP contribution in [0.5, 0.6) is 0 Å². The number of aryl methyl sites for hydroxylation is 1. The van der Waals surface area contributed by atoms with E-state index in [0.29, 0.717) is 22.9 Å². The molecule has 0 aliphatic heterocycles. The van der Waals surface area contributed by atoms with Crippen LogP contribution in [0.1, 0.15) is 11.3 Å². The minimum Gasteiger partial charge on any atom is -0.453 e. The largest absolute Gasteiger partial charge is 0.453 e. The first-order chi connectivity index (χ1) is 12.1. The molecule has 0 unspecified atom stereocenters. The third-order valence-electron chi connectivity index (χ3n) is 4.30. The van der Waals surface area contributed by atoms with E-state index in [2.05, 4.69) is 9.97 Å². The summed E-state index contributed by atoms with van der Waals surface area (Å²) in [5.41, 5.74) is 4.24. The second kappa shape index (κ2) is 6.06. The minimum absolute atomic E-state index is 0.240. The van der Waals surface area contributed by atoms with Gasteiger partial charge in [0.05, 0.1) is 5.69 Å². The second-order valence-electron chi connectivity index (χ2n) is 6.00. The number of furan rings is 1. The molecule has 25 heavy (non-hydrogen) atoms. The lowest BCUT2D eigenvalue weighted by Gasteiger charge is -2.03. The average molecular weight is 332 g/mol. The quantitative estimate of drug-likeness (QED) is 0.518. The molecule has 4 rings (SSSR count). The molecule has 0 amide bonds. The predicted octanol–water partition coefficient (Wildman–Crippen LogP) is 5.76. The van der Waals surface area contributed by atoms with Gasteiger partial charge in [-0.1, -0.05) is 42.5 Å².